The van der Waals surface area contributed by atoms with E-state index in [4.69, 9.17) is 4.74 Å². The lowest BCUT2D eigenvalue weighted by atomic mass is 10.1. The fraction of sp³-hybridized carbons (Fsp3) is 0.136. The molecule has 142 valence electrons. The van der Waals surface area contributed by atoms with Crippen molar-refractivity contribution in [2.24, 2.45) is 5.10 Å². The Bertz CT molecular complexity index is 1030. The maximum Gasteiger partial charge on any atom is 0.277 e. The zero-order chi connectivity index (χ0) is 19.9. The molecular weight excluding hydrogens is 354 g/mol. The summed E-state index contributed by atoms with van der Waals surface area (Å²) in [6.07, 6.45) is 0. The number of benzene rings is 3. The molecule has 0 saturated carbocycles. The minimum Gasteiger partial charge on any atom is -0.484 e. The molecule has 0 aromatic heterocycles. The molecule has 0 aliphatic carbocycles. The van der Waals surface area contributed by atoms with Gasteiger partial charge >= 0.3 is 0 Å². The summed E-state index contributed by atoms with van der Waals surface area (Å²) in [5.41, 5.74) is 4.68. The Hall–Kier alpha value is -3.67. The molecule has 2 amide bonds. The molecule has 0 atom stereocenters. The summed E-state index contributed by atoms with van der Waals surface area (Å²) in [6, 6.07) is 20.8. The van der Waals surface area contributed by atoms with Crippen molar-refractivity contribution >= 4 is 34.0 Å². The number of hydrazone groups is 1. The first kappa shape index (κ1) is 19.1. The number of amides is 2. The standard InChI is InChI=1S/C22H21N3O3/c1-15(17-7-10-20(11-8-17)23-16(2)26)24-25-22(27)14-28-21-12-9-18-5-3-4-6-19(18)13-21/h3-13H,14H2,1-2H3,(H,23,26)(H,25,27)/b24-15-. The van der Waals surface area contributed by atoms with Crippen molar-refractivity contribution in [3.8, 4) is 5.75 Å². The smallest absolute Gasteiger partial charge is 0.277 e. The van der Waals surface area contributed by atoms with Gasteiger partial charge in [0.15, 0.2) is 6.61 Å². The van der Waals surface area contributed by atoms with Crippen LogP contribution >= 0.6 is 0 Å². The van der Waals surface area contributed by atoms with Crippen LogP contribution in [-0.4, -0.2) is 24.1 Å². The van der Waals surface area contributed by atoms with Crippen molar-refractivity contribution in [3.63, 3.8) is 0 Å². The van der Waals surface area contributed by atoms with E-state index in [2.05, 4.69) is 15.8 Å². The highest BCUT2D eigenvalue weighted by atomic mass is 16.5. The van der Waals surface area contributed by atoms with E-state index in [1.807, 2.05) is 54.6 Å². The van der Waals surface area contributed by atoms with Gasteiger partial charge in [-0.05, 0) is 47.5 Å². The second-order valence-corrected chi connectivity index (χ2v) is 6.29. The Morgan fingerprint density at radius 2 is 1.64 bits per heavy atom. The molecule has 6 nitrogen and oxygen atoms in total. The first-order chi connectivity index (χ1) is 13.5. The van der Waals surface area contributed by atoms with Crippen molar-refractivity contribution < 1.29 is 14.3 Å². The molecule has 0 heterocycles. The van der Waals surface area contributed by atoms with E-state index in [1.54, 1.807) is 19.1 Å². The maximum absolute atomic E-state index is 12.0. The summed E-state index contributed by atoms with van der Waals surface area (Å²) in [5.74, 6) is 0.155. The van der Waals surface area contributed by atoms with Crippen LogP contribution in [0.2, 0.25) is 0 Å². The summed E-state index contributed by atoms with van der Waals surface area (Å²) < 4.78 is 5.55. The van der Waals surface area contributed by atoms with E-state index in [9.17, 15) is 9.59 Å². The van der Waals surface area contributed by atoms with E-state index in [1.165, 1.54) is 6.92 Å². The summed E-state index contributed by atoms with van der Waals surface area (Å²) in [5, 5.41) is 8.96. The molecule has 2 N–H and O–H groups in total. The molecule has 0 saturated heterocycles. The van der Waals surface area contributed by atoms with Crippen LogP contribution in [0.1, 0.15) is 19.4 Å². The third-order valence-electron chi connectivity index (χ3n) is 4.06. The molecule has 3 aromatic rings. The number of carbonyl (C=O) groups excluding carboxylic acids is 2. The Morgan fingerprint density at radius 1 is 0.929 bits per heavy atom. The van der Waals surface area contributed by atoms with Crippen molar-refractivity contribution in [2.45, 2.75) is 13.8 Å². The van der Waals surface area contributed by atoms with Crippen LogP contribution in [0.15, 0.2) is 71.8 Å². The van der Waals surface area contributed by atoms with Gasteiger partial charge in [-0.3, -0.25) is 9.59 Å². The van der Waals surface area contributed by atoms with Gasteiger partial charge < -0.3 is 10.1 Å². The third-order valence-corrected chi connectivity index (χ3v) is 4.06. The van der Waals surface area contributed by atoms with Crippen molar-refractivity contribution in [3.05, 3.63) is 72.3 Å². The predicted molar refractivity (Wildman–Crippen MR) is 111 cm³/mol. The van der Waals surface area contributed by atoms with E-state index in [0.717, 1.165) is 16.3 Å². The van der Waals surface area contributed by atoms with Crippen LogP contribution in [0.3, 0.4) is 0 Å². The molecule has 3 rings (SSSR count). The molecule has 0 bridgehead atoms. The SMILES string of the molecule is CC(=O)Nc1ccc(/C(C)=N\NC(=O)COc2ccc3ccccc3c2)cc1. The van der Waals surface area contributed by atoms with Gasteiger partial charge in [0.05, 0.1) is 5.71 Å². The zero-order valence-electron chi connectivity index (χ0n) is 15.7. The average molecular weight is 375 g/mol. The average Bonchev–Trinajstić information content (AvgIpc) is 2.70. The molecule has 0 aliphatic heterocycles. The number of carbonyl (C=O) groups is 2. The van der Waals surface area contributed by atoms with E-state index >= 15 is 0 Å². The van der Waals surface area contributed by atoms with Crippen molar-refractivity contribution in [1.82, 2.24) is 5.43 Å². The lowest BCUT2D eigenvalue weighted by Crippen LogP contribution is -2.25. The summed E-state index contributed by atoms with van der Waals surface area (Å²) in [4.78, 5) is 23.0. The predicted octanol–water partition coefficient (Wildman–Crippen LogP) is 3.72. The fourth-order valence-electron chi connectivity index (χ4n) is 2.65. The summed E-state index contributed by atoms with van der Waals surface area (Å²) in [7, 11) is 0. The first-order valence-corrected chi connectivity index (χ1v) is 8.84. The minimum atomic E-state index is -0.345. The highest BCUT2D eigenvalue weighted by Gasteiger charge is 2.04. The maximum atomic E-state index is 12.0. The number of anilines is 1. The second kappa shape index (κ2) is 8.81. The van der Waals surface area contributed by atoms with Gasteiger partial charge in [-0.25, -0.2) is 5.43 Å². The molecular formula is C22H21N3O3. The molecule has 3 aromatic carbocycles. The van der Waals surface area contributed by atoms with E-state index < -0.39 is 0 Å². The minimum absolute atomic E-state index is 0.128. The number of ether oxygens (including phenoxy) is 1. The van der Waals surface area contributed by atoms with Gasteiger partial charge in [0.1, 0.15) is 5.75 Å². The molecule has 0 radical (unpaired) electrons. The lowest BCUT2D eigenvalue weighted by molar-refractivity contribution is -0.123. The van der Waals surface area contributed by atoms with Crippen LogP contribution in [-0.2, 0) is 9.59 Å². The number of hydrogen-bond acceptors (Lipinski definition) is 4. The highest BCUT2D eigenvalue weighted by Crippen LogP contribution is 2.20. The van der Waals surface area contributed by atoms with Gasteiger partial charge in [-0.1, -0.05) is 42.5 Å². The number of hydrogen-bond donors (Lipinski definition) is 2. The largest absolute Gasteiger partial charge is 0.484 e. The van der Waals surface area contributed by atoms with E-state index in [0.29, 0.717) is 17.1 Å². The molecule has 28 heavy (non-hydrogen) atoms. The Balaban J connectivity index is 1.54. The van der Waals surface area contributed by atoms with Crippen LogP contribution in [0.5, 0.6) is 5.75 Å². The molecule has 6 heteroatoms. The normalized spacial score (nSPS) is 11.1. The Labute approximate surface area is 163 Å². The van der Waals surface area contributed by atoms with Crippen LogP contribution < -0.4 is 15.5 Å². The first-order valence-electron chi connectivity index (χ1n) is 8.84. The van der Waals surface area contributed by atoms with Gasteiger partial charge in [-0.15, -0.1) is 0 Å². The fourth-order valence-corrected chi connectivity index (χ4v) is 2.65. The molecule has 0 fully saturated rings. The van der Waals surface area contributed by atoms with E-state index in [-0.39, 0.29) is 18.4 Å². The van der Waals surface area contributed by atoms with Crippen LogP contribution in [0.4, 0.5) is 5.69 Å². The summed E-state index contributed by atoms with van der Waals surface area (Å²) in [6.45, 7) is 3.12. The van der Waals surface area contributed by atoms with Gasteiger partial charge in [0, 0.05) is 12.6 Å². The van der Waals surface area contributed by atoms with Crippen LogP contribution in [0, 0.1) is 0 Å². The van der Waals surface area contributed by atoms with Gasteiger partial charge in [0.25, 0.3) is 5.91 Å². The Kier molecular flexibility index (Phi) is 6.01. The second-order valence-electron chi connectivity index (χ2n) is 6.29. The van der Waals surface area contributed by atoms with Crippen molar-refractivity contribution in [1.29, 1.82) is 0 Å². The molecule has 0 unspecified atom stereocenters. The molecule has 0 aliphatic rings. The number of nitrogens with zero attached hydrogens (tertiary/aromatic N) is 1. The Morgan fingerprint density at radius 3 is 2.36 bits per heavy atom. The topological polar surface area (TPSA) is 79.8 Å². The zero-order valence-corrected chi connectivity index (χ0v) is 15.7. The van der Waals surface area contributed by atoms with Crippen molar-refractivity contribution in [2.75, 3.05) is 11.9 Å². The number of nitrogens with one attached hydrogen (secondary N) is 2. The monoisotopic (exact) mass is 375 g/mol. The van der Waals surface area contributed by atoms with Gasteiger partial charge in [-0.2, -0.15) is 5.10 Å². The lowest BCUT2D eigenvalue weighted by Gasteiger charge is -2.07. The number of fused-ring (bicyclic) bond motifs is 1. The quantitative estimate of drug-likeness (QED) is 0.509. The number of rotatable bonds is 6. The molecule has 0 spiro atoms. The highest BCUT2D eigenvalue weighted by molar-refractivity contribution is 6.00. The van der Waals surface area contributed by atoms with Gasteiger partial charge in [0.2, 0.25) is 5.91 Å². The van der Waals surface area contributed by atoms with Crippen LogP contribution in [0.25, 0.3) is 10.8 Å². The summed E-state index contributed by atoms with van der Waals surface area (Å²) >= 11 is 0. The third kappa shape index (κ3) is 5.17.